The van der Waals surface area contributed by atoms with Gasteiger partial charge in [0.05, 0.1) is 12.4 Å². The van der Waals surface area contributed by atoms with Crippen LogP contribution in [0.1, 0.15) is 19.4 Å². The second kappa shape index (κ2) is 6.75. The van der Waals surface area contributed by atoms with Crippen molar-refractivity contribution in [2.75, 3.05) is 23.9 Å². The molecule has 1 aromatic rings. The normalized spacial score (nSPS) is 13.3. The van der Waals surface area contributed by atoms with Gasteiger partial charge >= 0.3 is 0 Å². The molecule has 0 spiro atoms. The molecule has 0 fully saturated rings. The molecule has 0 saturated carbocycles. The lowest BCUT2D eigenvalue weighted by Gasteiger charge is -2.17. The summed E-state index contributed by atoms with van der Waals surface area (Å²) in [6.07, 6.45) is 0. The molecule has 0 aliphatic rings. The molecule has 0 radical (unpaired) electrons. The third-order valence-corrected chi connectivity index (χ3v) is 4.55. The first-order chi connectivity index (χ1) is 8.48. The summed E-state index contributed by atoms with van der Waals surface area (Å²) in [4.78, 5) is 0. The molecule has 0 aromatic heterocycles. The molecule has 1 N–H and O–H groups in total. The van der Waals surface area contributed by atoms with Crippen LogP contribution in [0, 0.1) is 0 Å². The van der Waals surface area contributed by atoms with Crippen LogP contribution in [0.5, 0.6) is 0 Å². The smallest absolute Gasteiger partial charge is 0.152 e. The van der Waals surface area contributed by atoms with Gasteiger partial charge < -0.3 is 10.1 Å². The Balaban J connectivity index is 2.72. The first-order valence-corrected chi connectivity index (χ1v) is 7.84. The van der Waals surface area contributed by atoms with E-state index in [1.807, 2.05) is 31.2 Å². The third kappa shape index (κ3) is 4.66. The predicted molar refractivity (Wildman–Crippen MR) is 74.6 cm³/mol. The van der Waals surface area contributed by atoms with E-state index in [1.54, 1.807) is 14.0 Å². The second-order valence-corrected chi connectivity index (χ2v) is 6.73. The number of benzene rings is 1. The number of rotatable bonds is 7. The molecule has 1 rings (SSSR count). The van der Waals surface area contributed by atoms with E-state index < -0.39 is 9.84 Å². The zero-order valence-corrected chi connectivity index (χ0v) is 12.0. The molecule has 0 aliphatic carbocycles. The fraction of sp³-hybridized carbons (Fsp3) is 0.538. The Hall–Kier alpha value is -1.07. The fourth-order valence-electron chi connectivity index (χ4n) is 1.75. The molecule has 1 atom stereocenters. The van der Waals surface area contributed by atoms with Crippen molar-refractivity contribution in [1.82, 2.24) is 0 Å². The lowest BCUT2D eigenvalue weighted by Crippen LogP contribution is -2.27. The Bertz CT molecular complexity index is 471. The van der Waals surface area contributed by atoms with Crippen LogP contribution in [0.15, 0.2) is 24.3 Å². The molecule has 0 aliphatic heterocycles. The standard InChI is InChI=1S/C13H21NO3S/c1-4-18(15,16)10-11(2)14-13-8-6-5-7-12(13)9-17-3/h5-8,11,14H,4,9-10H2,1-3H3. The van der Waals surface area contributed by atoms with Gasteiger partial charge in [-0.15, -0.1) is 0 Å². The molecule has 102 valence electrons. The van der Waals surface area contributed by atoms with Gasteiger partial charge in [0.15, 0.2) is 9.84 Å². The van der Waals surface area contributed by atoms with Crippen molar-refractivity contribution in [3.8, 4) is 0 Å². The Labute approximate surface area is 109 Å². The summed E-state index contributed by atoms with van der Waals surface area (Å²) in [7, 11) is -1.32. The quantitative estimate of drug-likeness (QED) is 0.825. The van der Waals surface area contributed by atoms with E-state index >= 15 is 0 Å². The second-order valence-electron chi connectivity index (χ2n) is 4.33. The van der Waals surface area contributed by atoms with Crippen molar-refractivity contribution in [2.45, 2.75) is 26.5 Å². The van der Waals surface area contributed by atoms with Crippen molar-refractivity contribution < 1.29 is 13.2 Å². The highest BCUT2D eigenvalue weighted by molar-refractivity contribution is 7.91. The largest absolute Gasteiger partial charge is 0.381 e. The molecular weight excluding hydrogens is 250 g/mol. The molecule has 4 nitrogen and oxygen atoms in total. The van der Waals surface area contributed by atoms with Gasteiger partial charge in [-0.25, -0.2) is 8.42 Å². The van der Waals surface area contributed by atoms with Crippen molar-refractivity contribution in [1.29, 1.82) is 0 Å². The van der Waals surface area contributed by atoms with Gasteiger partial charge in [-0.05, 0) is 13.0 Å². The molecule has 1 unspecified atom stereocenters. The summed E-state index contributed by atoms with van der Waals surface area (Å²) in [5.41, 5.74) is 1.96. The number of hydrogen-bond donors (Lipinski definition) is 1. The van der Waals surface area contributed by atoms with Crippen LogP contribution in [-0.2, 0) is 21.2 Å². The number of ether oxygens (including phenoxy) is 1. The van der Waals surface area contributed by atoms with Crippen LogP contribution in [0.4, 0.5) is 5.69 Å². The van der Waals surface area contributed by atoms with Crippen LogP contribution >= 0.6 is 0 Å². The van der Waals surface area contributed by atoms with Gasteiger partial charge in [0.2, 0.25) is 0 Å². The Kier molecular flexibility index (Phi) is 5.62. The molecule has 5 heteroatoms. The van der Waals surface area contributed by atoms with E-state index in [1.165, 1.54) is 0 Å². The monoisotopic (exact) mass is 271 g/mol. The number of nitrogens with one attached hydrogen (secondary N) is 1. The molecule has 0 amide bonds. The summed E-state index contributed by atoms with van der Waals surface area (Å²) >= 11 is 0. The minimum absolute atomic E-state index is 0.118. The van der Waals surface area contributed by atoms with E-state index in [2.05, 4.69) is 5.32 Å². The third-order valence-electron chi connectivity index (χ3n) is 2.66. The van der Waals surface area contributed by atoms with Crippen LogP contribution in [0.3, 0.4) is 0 Å². The minimum Gasteiger partial charge on any atom is -0.381 e. The topological polar surface area (TPSA) is 55.4 Å². The zero-order valence-electron chi connectivity index (χ0n) is 11.1. The maximum Gasteiger partial charge on any atom is 0.152 e. The summed E-state index contributed by atoms with van der Waals surface area (Å²) < 4.78 is 28.2. The van der Waals surface area contributed by atoms with Crippen LogP contribution < -0.4 is 5.32 Å². The van der Waals surface area contributed by atoms with Gasteiger partial charge in [0.1, 0.15) is 0 Å². The first kappa shape index (κ1) is 15.0. The predicted octanol–water partition coefficient (Wildman–Crippen LogP) is 2.07. The van der Waals surface area contributed by atoms with Gasteiger partial charge in [-0.3, -0.25) is 0 Å². The fourth-order valence-corrected chi connectivity index (χ4v) is 2.83. The van der Waals surface area contributed by atoms with Crippen molar-refractivity contribution in [2.24, 2.45) is 0 Å². The van der Waals surface area contributed by atoms with Crippen molar-refractivity contribution in [3.63, 3.8) is 0 Å². The summed E-state index contributed by atoms with van der Waals surface area (Å²) in [5.74, 6) is 0.323. The molecule has 1 aromatic carbocycles. The molecule has 18 heavy (non-hydrogen) atoms. The summed E-state index contributed by atoms with van der Waals surface area (Å²) in [6.45, 7) is 4.05. The van der Waals surface area contributed by atoms with E-state index in [4.69, 9.17) is 4.74 Å². The van der Waals surface area contributed by atoms with Gasteiger partial charge in [-0.1, -0.05) is 25.1 Å². The maximum absolute atomic E-state index is 11.5. The molecule has 0 bridgehead atoms. The number of hydrogen-bond acceptors (Lipinski definition) is 4. The summed E-state index contributed by atoms with van der Waals surface area (Å²) in [6, 6.07) is 7.64. The Morgan fingerprint density at radius 1 is 1.33 bits per heavy atom. The number of anilines is 1. The number of para-hydroxylation sites is 1. The first-order valence-electron chi connectivity index (χ1n) is 6.02. The average Bonchev–Trinajstić information content (AvgIpc) is 2.31. The number of sulfone groups is 1. The van der Waals surface area contributed by atoms with Gasteiger partial charge in [0, 0.05) is 30.2 Å². The molecular formula is C13H21NO3S. The van der Waals surface area contributed by atoms with Crippen molar-refractivity contribution in [3.05, 3.63) is 29.8 Å². The van der Waals surface area contributed by atoms with Gasteiger partial charge in [0.25, 0.3) is 0 Å². The van der Waals surface area contributed by atoms with E-state index in [-0.39, 0.29) is 17.5 Å². The van der Waals surface area contributed by atoms with E-state index in [9.17, 15) is 8.42 Å². The molecule has 0 heterocycles. The highest BCUT2D eigenvalue weighted by Gasteiger charge is 2.14. The Morgan fingerprint density at radius 2 is 2.00 bits per heavy atom. The van der Waals surface area contributed by atoms with E-state index in [0.29, 0.717) is 6.61 Å². The minimum atomic E-state index is -2.96. The van der Waals surface area contributed by atoms with Crippen molar-refractivity contribution >= 4 is 15.5 Å². The highest BCUT2D eigenvalue weighted by Crippen LogP contribution is 2.17. The SMILES string of the molecule is CCS(=O)(=O)CC(C)Nc1ccccc1COC. The van der Waals surface area contributed by atoms with E-state index in [0.717, 1.165) is 11.3 Å². The zero-order chi connectivity index (χ0) is 13.6. The lowest BCUT2D eigenvalue weighted by molar-refractivity contribution is 0.185. The highest BCUT2D eigenvalue weighted by atomic mass is 32.2. The van der Waals surface area contributed by atoms with Crippen LogP contribution in [0.25, 0.3) is 0 Å². The van der Waals surface area contributed by atoms with Crippen LogP contribution in [0.2, 0.25) is 0 Å². The lowest BCUT2D eigenvalue weighted by atomic mass is 10.2. The average molecular weight is 271 g/mol. The Morgan fingerprint density at radius 3 is 2.61 bits per heavy atom. The van der Waals surface area contributed by atoms with Crippen LogP contribution in [-0.4, -0.2) is 33.1 Å². The van der Waals surface area contributed by atoms with Gasteiger partial charge in [-0.2, -0.15) is 0 Å². The maximum atomic E-state index is 11.5. The molecule has 0 saturated heterocycles. The summed E-state index contributed by atoms with van der Waals surface area (Å²) in [5, 5.41) is 3.23. The number of methoxy groups -OCH3 is 1.